The maximum absolute atomic E-state index is 7.23. The molecule has 0 unspecified atom stereocenters. The normalized spacial score (nSPS) is 11.8. The van der Waals surface area contributed by atoms with Crippen molar-refractivity contribution < 1.29 is 4.42 Å². The molecule has 0 bridgehead atoms. The van der Waals surface area contributed by atoms with Crippen molar-refractivity contribution in [3.63, 3.8) is 0 Å². The van der Waals surface area contributed by atoms with Crippen LogP contribution in [0.4, 0.5) is 0 Å². The van der Waals surface area contributed by atoms with E-state index in [9.17, 15) is 0 Å². The maximum atomic E-state index is 7.23. The van der Waals surface area contributed by atoms with Gasteiger partial charge in [0.1, 0.15) is 215 Å². The first-order valence-corrected chi connectivity index (χ1v) is 25.7. The van der Waals surface area contributed by atoms with E-state index in [0.29, 0.717) is 0 Å². The minimum Gasteiger partial charge on any atom is -0.456 e. The smallest absolute Gasteiger partial charge is 0.143 e. The molecule has 0 fully saturated rings. The van der Waals surface area contributed by atoms with E-state index in [1.165, 1.54) is 219 Å². The van der Waals surface area contributed by atoms with E-state index in [2.05, 4.69) is 204 Å². The number of rotatable bonds is 3. The molecule has 27 heteroatoms. The largest absolute Gasteiger partial charge is 0.456 e. The molecule has 0 atom stereocenters. The summed E-state index contributed by atoms with van der Waals surface area (Å²) in [6, 6.07) is 0. The lowest BCUT2D eigenvalue weighted by atomic mass is 9.55. The van der Waals surface area contributed by atoms with Gasteiger partial charge in [-0.15, -0.1) is 49.2 Å². The van der Waals surface area contributed by atoms with Crippen molar-refractivity contribution in [2.45, 2.75) is 0 Å². The maximum Gasteiger partial charge on any atom is 0.143 e. The first kappa shape index (κ1) is 50.0. The van der Waals surface area contributed by atoms with Crippen molar-refractivity contribution in [1.29, 1.82) is 0 Å². The molecule has 1 heterocycles. The van der Waals surface area contributed by atoms with Crippen LogP contribution in [-0.2, 0) is 0 Å². The van der Waals surface area contributed by atoms with Crippen molar-refractivity contribution in [2.75, 3.05) is 0 Å². The molecule has 0 aliphatic heterocycles. The molecular weight excluding hydrogens is 802 g/mol. The van der Waals surface area contributed by atoms with E-state index >= 15 is 0 Å². The molecule has 0 spiro atoms. The van der Waals surface area contributed by atoms with E-state index in [4.69, 9.17) is 4.42 Å². The molecule has 1 aromatic heterocycles. The third-order valence-electron chi connectivity index (χ3n) is 19.9. The van der Waals surface area contributed by atoms with Crippen LogP contribution >= 0.6 is 0 Å². The number of benzene rings is 8. The predicted molar refractivity (Wildman–Crippen MR) is 395 cm³/mol. The van der Waals surface area contributed by atoms with Gasteiger partial charge < -0.3 is 4.42 Å². The molecule has 1 nitrogen and oxygen atoms in total. The van der Waals surface area contributed by atoms with Crippen LogP contribution in [-0.4, -0.2) is 204 Å². The Morgan fingerprint density at radius 3 is 0.681 bits per heavy atom. The summed E-state index contributed by atoms with van der Waals surface area (Å²) in [6.07, 6.45) is 0. The third-order valence-corrected chi connectivity index (χ3v) is 19.9. The summed E-state index contributed by atoms with van der Waals surface area (Å²) < 4.78 is 7.23. The minimum atomic E-state index is 1.03. The summed E-state index contributed by atoms with van der Waals surface area (Å²) in [4.78, 5) is 0. The van der Waals surface area contributed by atoms with Gasteiger partial charge in [0.15, 0.2) is 0 Å². The molecule has 0 N–H and O–H groups in total. The summed E-state index contributed by atoms with van der Waals surface area (Å²) in [6.45, 7) is 0. The fourth-order valence-corrected chi connectivity index (χ4v) is 13.7. The lowest BCUT2D eigenvalue weighted by Crippen LogP contribution is -2.55. The van der Waals surface area contributed by atoms with Crippen molar-refractivity contribution >= 4 is 400 Å². The second-order valence-corrected chi connectivity index (χ2v) is 22.3. The molecule has 0 aliphatic carbocycles. The zero-order valence-corrected chi connectivity index (χ0v) is 47.4. The second kappa shape index (κ2) is 16.8. The number of furan rings is 1. The van der Waals surface area contributed by atoms with Crippen molar-refractivity contribution in [1.82, 2.24) is 0 Å². The lowest BCUT2D eigenvalue weighted by molar-refractivity contribution is 0.676. The summed E-state index contributed by atoms with van der Waals surface area (Å²) >= 11 is 0. The highest BCUT2D eigenvalue weighted by Gasteiger charge is 2.31. The van der Waals surface area contributed by atoms with Crippen molar-refractivity contribution in [3.8, 4) is 33.4 Å². The van der Waals surface area contributed by atoms with Crippen molar-refractivity contribution in [2.24, 2.45) is 0 Å². The zero-order valence-electron chi connectivity index (χ0n) is 47.4. The van der Waals surface area contributed by atoms with Crippen LogP contribution < -0.4 is 142 Å². The molecule has 0 saturated carbocycles. The Labute approximate surface area is 435 Å². The van der Waals surface area contributed by atoms with Crippen molar-refractivity contribution in [3.05, 3.63) is 0 Å². The van der Waals surface area contributed by atoms with Gasteiger partial charge in [0.05, 0.1) is 0 Å². The standard InChI is InChI=1S/C42H52B26O/c43-15-9(28(56)40(68)42-13(15)14-29(57)24(52)11-12(41(14)69-42)30(58)38(66)35(63)27(11)55)10-22(50)20(48)7(21(49)23(10)51)1-3-5(18(46)33(61)31(59)16(3)44)2(6-4(1)17(45)32(60)34(62)19(6)47)8-25(53)36(64)39(67)37(65)26(8)54/h43-68H2. The first-order valence-electron chi connectivity index (χ1n) is 25.7. The monoisotopic (exact) mass is 859 g/mol. The van der Waals surface area contributed by atoms with Crippen LogP contribution in [0.3, 0.4) is 0 Å². The molecule has 9 rings (SSSR count). The minimum absolute atomic E-state index is 1.03. The quantitative estimate of drug-likeness (QED) is 0.127. The van der Waals surface area contributed by atoms with Gasteiger partial charge >= 0.3 is 0 Å². The van der Waals surface area contributed by atoms with Gasteiger partial charge in [0.2, 0.25) is 0 Å². The Morgan fingerprint density at radius 2 is 0.319 bits per heavy atom. The van der Waals surface area contributed by atoms with Gasteiger partial charge in [-0.05, 0) is 60.3 Å². The molecule has 8 aromatic carbocycles. The first-order chi connectivity index (χ1) is 32.2. The molecular formula is C42H52B26O. The molecule has 0 saturated heterocycles. The Hall–Kier alpha value is -3.97. The highest BCUT2D eigenvalue weighted by Crippen LogP contribution is 2.39. The predicted octanol–water partition coefficient (Wildman–Crippen LogP) is -33.2. The molecule has 69 heavy (non-hydrogen) atoms. The summed E-state index contributed by atoms with van der Waals surface area (Å²) in [7, 11) is 61.3. The van der Waals surface area contributed by atoms with E-state index < -0.39 is 0 Å². The fraction of sp³-hybridized carbons (Fsp3) is 0. The van der Waals surface area contributed by atoms with E-state index in [-0.39, 0.29) is 0 Å². The number of fused-ring (bicyclic) bond motifs is 7. The highest BCUT2D eigenvalue weighted by atomic mass is 16.3. The van der Waals surface area contributed by atoms with E-state index in [1.807, 2.05) is 0 Å². The zero-order chi connectivity index (χ0) is 51.0. The SMILES string of the molecule is Bc1c(B)c(B)c(-c2c3c(B)c(B)c(B)c(B)c3c(-c3c(B)c(B)c(-c4c(B)c(B)c5oc6c7c(B)c(B)c(B)c(B)c7c(B)c(B)c6c5c4B)c(B)c3B)c3c(B)c(B)c(B)c(B)c23)c(B)c1B. The van der Waals surface area contributed by atoms with Gasteiger partial charge in [-0.1, -0.05) is 92.9 Å². The fourth-order valence-electron chi connectivity index (χ4n) is 13.7. The molecule has 9 aromatic rings. The summed E-state index contributed by atoms with van der Waals surface area (Å²) in [5.74, 6) is 0. The van der Waals surface area contributed by atoms with Crippen LogP contribution in [0.15, 0.2) is 4.42 Å². The van der Waals surface area contributed by atoms with E-state index in [0.717, 1.165) is 11.2 Å². The van der Waals surface area contributed by atoms with Gasteiger partial charge in [-0.25, -0.2) is 0 Å². The average Bonchev–Trinajstić information content (AvgIpc) is 3.73. The van der Waals surface area contributed by atoms with Gasteiger partial charge in [0.25, 0.3) is 0 Å². The topological polar surface area (TPSA) is 13.1 Å². The third kappa shape index (κ3) is 6.41. The molecule has 304 valence electrons. The van der Waals surface area contributed by atoms with E-state index in [1.54, 1.807) is 0 Å². The second-order valence-electron chi connectivity index (χ2n) is 22.3. The van der Waals surface area contributed by atoms with Crippen LogP contribution in [0, 0.1) is 0 Å². The number of hydrogen-bond donors (Lipinski definition) is 0. The van der Waals surface area contributed by atoms with Gasteiger partial charge in [-0.2, -0.15) is 0 Å². The van der Waals surface area contributed by atoms with Crippen LogP contribution in [0.2, 0.25) is 0 Å². The van der Waals surface area contributed by atoms with Gasteiger partial charge in [-0.3, -0.25) is 0 Å². The lowest BCUT2D eigenvalue weighted by Gasteiger charge is -2.32. The Morgan fingerprint density at radius 1 is 0.130 bits per heavy atom. The summed E-state index contributed by atoms with van der Waals surface area (Å²) in [5, 5.41) is 10.9. The van der Waals surface area contributed by atoms with Crippen LogP contribution in [0.25, 0.3) is 87.6 Å². The average molecular weight is 854 g/mol. The Kier molecular flexibility index (Phi) is 12.2. The van der Waals surface area contributed by atoms with Crippen LogP contribution in [0.5, 0.6) is 0 Å². The van der Waals surface area contributed by atoms with Crippen LogP contribution in [0.1, 0.15) is 0 Å². The molecule has 0 amide bonds. The highest BCUT2D eigenvalue weighted by molar-refractivity contribution is 6.77. The number of hydrogen-bond acceptors (Lipinski definition) is 1. The summed E-state index contributed by atoms with van der Waals surface area (Å²) in [5.41, 5.74) is 46.1. The Bertz CT molecular complexity index is 3830. The Balaban J connectivity index is 1.49. The molecule has 0 aliphatic rings. The van der Waals surface area contributed by atoms with Gasteiger partial charge in [0, 0.05) is 16.2 Å². The molecule has 0 radical (unpaired) electrons.